The maximum Gasteiger partial charge on any atom is 0.355 e. The molecule has 2 aromatic carbocycles. The van der Waals surface area contributed by atoms with Gasteiger partial charge in [0.15, 0.2) is 0 Å². The number of aromatic amines is 1. The van der Waals surface area contributed by atoms with Crippen molar-refractivity contribution in [1.82, 2.24) is 4.98 Å². The molecule has 0 aliphatic carbocycles. The molecule has 0 saturated heterocycles. The Morgan fingerprint density at radius 1 is 1.24 bits per heavy atom. The van der Waals surface area contributed by atoms with E-state index in [0.717, 1.165) is 0 Å². The molecule has 3 rings (SSSR count). The lowest BCUT2D eigenvalue weighted by molar-refractivity contribution is 0.0596. The summed E-state index contributed by atoms with van der Waals surface area (Å²) in [6, 6.07) is 11.4. The standard InChI is InChI=1S/C16H11ClFNO2/c1-21-16(20)15-14(10-4-2-3-5-12(10)18)11-8-9(17)6-7-13(11)19-15/h2-8,19H,1H3. The second-order valence-corrected chi connectivity index (χ2v) is 4.97. The highest BCUT2D eigenvalue weighted by molar-refractivity contribution is 6.31. The van der Waals surface area contributed by atoms with E-state index in [9.17, 15) is 9.18 Å². The number of rotatable bonds is 2. The highest BCUT2D eigenvalue weighted by Crippen LogP contribution is 2.35. The van der Waals surface area contributed by atoms with E-state index in [1.54, 1.807) is 36.4 Å². The van der Waals surface area contributed by atoms with Crippen molar-refractivity contribution in [3.8, 4) is 11.1 Å². The zero-order valence-corrected chi connectivity index (χ0v) is 11.9. The fourth-order valence-corrected chi connectivity index (χ4v) is 2.54. The van der Waals surface area contributed by atoms with Gasteiger partial charge in [-0.2, -0.15) is 0 Å². The number of fused-ring (bicyclic) bond motifs is 1. The number of benzene rings is 2. The van der Waals surface area contributed by atoms with Gasteiger partial charge >= 0.3 is 5.97 Å². The van der Waals surface area contributed by atoms with Gasteiger partial charge < -0.3 is 9.72 Å². The van der Waals surface area contributed by atoms with Gasteiger partial charge in [0, 0.05) is 27.1 Å². The number of hydrogen-bond donors (Lipinski definition) is 1. The average Bonchev–Trinajstić information content (AvgIpc) is 2.85. The van der Waals surface area contributed by atoms with Gasteiger partial charge in [-0.3, -0.25) is 0 Å². The van der Waals surface area contributed by atoms with Crippen molar-refractivity contribution in [2.45, 2.75) is 0 Å². The van der Waals surface area contributed by atoms with E-state index in [1.165, 1.54) is 13.2 Å². The lowest BCUT2D eigenvalue weighted by Crippen LogP contribution is -2.03. The molecule has 1 heterocycles. The molecule has 0 saturated carbocycles. The molecule has 0 radical (unpaired) electrons. The Labute approximate surface area is 125 Å². The fourth-order valence-electron chi connectivity index (χ4n) is 2.36. The number of halogens is 2. The van der Waals surface area contributed by atoms with Crippen molar-refractivity contribution in [2.24, 2.45) is 0 Å². The normalized spacial score (nSPS) is 10.8. The lowest BCUT2D eigenvalue weighted by Gasteiger charge is -2.05. The number of H-pyrrole nitrogens is 1. The number of aromatic nitrogens is 1. The summed E-state index contributed by atoms with van der Waals surface area (Å²) >= 11 is 6.02. The van der Waals surface area contributed by atoms with E-state index in [4.69, 9.17) is 16.3 Å². The zero-order chi connectivity index (χ0) is 15.0. The topological polar surface area (TPSA) is 42.1 Å². The molecule has 5 heteroatoms. The molecular weight excluding hydrogens is 293 g/mol. The summed E-state index contributed by atoms with van der Waals surface area (Å²) in [5.41, 5.74) is 1.68. The van der Waals surface area contributed by atoms with Crippen molar-refractivity contribution < 1.29 is 13.9 Å². The third-order valence-corrected chi connectivity index (χ3v) is 3.53. The summed E-state index contributed by atoms with van der Waals surface area (Å²) in [4.78, 5) is 14.9. The van der Waals surface area contributed by atoms with Crippen molar-refractivity contribution in [1.29, 1.82) is 0 Å². The number of carbonyl (C=O) groups excluding carboxylic acids is 1. The Kier molecular flexibility index (Phi) is 3.39. The predicted octanol–water partition coefficient (Wildman–Crippen LogP) is 4.41. The third-order valence-electron chi connectivity index (χ3n) is 3.29. The monoisotopic (exact) mass is 303 g/mol. The minimum absolute atomic E-state index is 0.208. The van der Waals surface area contributed by atoms with E-state index in [1.807, 2.05) is 0 Å². The van der Waals surface area contributed by atoms with E-state index >= 15 is 0 Å². The van der Waals surface area contributed by atoms with Crippen LogP contribution in [0.1, 0.15) is 10.5 Å². The summed E-state index contributed by atoms with van der Waals surface area (Å²) in [5.74, 6) is -0.968. The molecule has 0 aliphatic rings. The van der Waals surface area contributed by atoms with Crippen LogP contribution in [0.25, 0.3) is 22.0 Å². The molecule has 106 valence electrons. The number of hydrogen-bond acceptors (Lipinski definition) is 2. The number of ether oxygens (including phenoxy) is 1. The molecule has 1 aromatic heterocycles. The van der Waals surface area contributed by atoms with Gasteiger partial charge in [0.25, 0.3) is 0 Å². The molecule has 0 fully saturated rings. The second-order valence-electron chi connectivity index (χ2n) is 4.54. The lowest BCUT2D eigenvalue weighted by atomic mass is 10.0. The molecule has 0 unspecified atom stereocenters. The first-order chi connectivity index (χ1) is 10.1. The number of carbonyl (C=O) groups is 1. The Balaban J connectivity index is 2.40. The van der Waals surface area contributed by atoms with Gasteiger partial charge in [-0.05, 0) is 24.3 Å². The molecule has 0 spiro atoms. The van der Waals surface area contributed by atoms with Gasteiger partial charge in [0.1, 0.15) is 11.5 Å². The van der Waals surface area contributed by atoms with Gasteiger partial charge in [-0.25, -0.2) is 9.18 Å². The van der Waals surface area contributed by atoms with Crippen molar-refractivity contribution >= 4 is 28.5 Å². The van der Waals surface area contributed by atoms with Crippen LogP contribution in [0.3, 0.4) is 0 Å². The minimum atomic E-state index is -0.555. The molecule has 3 aromatic rings. The quantitative estimate of drug-likeness (QED) is 0.712. The SMILES string of the molecule is COC(=O)c1[nH]c2ccc(Cl)cc2c1-c1ccccc1F. The Morgan fingerprint density at radius 2 is 2.00 bits per heavy atom. The highest BCUT2D eigenvalue weighted by Gasteiger charge is 2.21. The average molecular weight is 304 g/mol. The van der Waals surface area contributed by atoms with Crippen LogP contribution in [0.5, 0.6) is 0 Å². The summed E-state index contributed by atoms with van der Waals surface area (Å²) in [6.45, 7) is 0. The largest absolute Gasteiger partial charge is 0.464 e. The van der Waals surface area contributed by atoms with Crippen LogP contribution in [0, 0.1) is 5.82 Å². The molecule has 0 aliphatic heterocycles. The van der Waals surface area contributed by atoms with E-state index in [0.29, 0.717) is 27.1 Å². The summed E-state index contributed by atoms with van der Waals surface area (Å²) in [7, 11) is 1.28. The van der Waals surface area contributed by atoms with Crippen molar-refractivity contribution in [3.63, 3.8) is 0 Å². The van der Waals surface area contributed by atoms with Crippen molar-refractivity contribution in [2.75, 3.05) is 7.11 Å². The van der Waals surface area contributed by atoms with Crippen LogP contribution in [0.15, 0.2) is 42.5 Å². The Morgan fingerprint density at radius 3 is 2.71 bits per heavy atom. The van der Waals surface area contributed by atoms with Crippen LogP contribution in [-0.4, -0.2) is 18.1 Å². The van der Waals surface area contributed by atoms with Gasteiger partial charge in [0.05, 0.1) is 7.11 Å². The summed E-state index contributed by atoms with van der Waals surface area (Å²) in [6.07, 6.45) is 0. The van der Waals surface area contributed by atoms with Gasteiger partial charge in [-0.1, -0.05) is 29.8 Å². The molecule has 0 amide bonds. The molecule has 3 nitrogen and oxygen atoms in total. The summed E-state index contributed by atoms with van der Waals surface area (Å²) < 4.78 is 18.9. The first-order valence-corrected chi connectivity index (χ1v) is 6.64. The van der Waals surface area contributed by atoms with E-state index in [-0.39, 0.29) is 5.69 Å². The Hall–Kier alpha value is -2.33. The van der Waals surface area contributed by atoms with Crippen LogP contribution in [0.4, 0.5) is 4.39 Å². The minimum Gasteiger partial charge on any atom is -0.464 e. The van der Waals surface area contributed by atoms with E-state index < -0.39 is 11.8 Å². The molecule has 0 atom stereocenters. The maximum atomic E-state index is 14.1. The molecular formula is C16H11ClFNO2. The third kappa shape index (κ3) is 2.28. The van der Waals surface area contributed by atoms with Crippen LogP contribution in [0.2, 0.25) is 5.02 Å². The van der Waals surface area contributed by atoms with Crippen molar-refractivity contribution in [3.05, 3.63) is 59.0 Å². The van der Waals surface area contributed by atoms with Gasteiger partial charge in [0.2, 0.25) is 0 Å². The van der Waals surface area contributed by atoms with E-state index in [2.05, 4.69) is 4.98 Å². The number of esters is 1. The van der Waals surface area contributed by atoms with Crippen LogP contribution < -0.4 is 0 Å². The predicted molar refractivity (Wildman–Crippen MR) is 80.0 cm³/mol. The summed E-state index contributed by atoms with van der Waals surface area (Å²) in [5, 5.41) is 1.18. The fraction of sp³-hybridized carbons (Fsp3) is 0.0625. The molecule has 1 N–H and O–H groups in total. The number of methoxy groups -OCH3 is 1. The van der Waals surface area contributed by atoms with Crippen LogP contribution in [-0.2, 0) is 4.74 Å². The molecule has 21 heavy (non-hydrogen) atoms. The first kappa shape index (κ1) is 13.6. The number of nitrogens with one attached hydrogen (secondary N) is 1. The first-order valence-electron chi connectivity index (χ1n) is 6.26. The van der Waals surface area contributed by atoms with Gasteiger partial charge in [-0.15, -0.1) is 0 Å². The Bertz CT molecular complexity index is 841. The molecule has 0 bridgehead atoms. The zero-order valence-electron chi connectivity index (χ0n) is 11.1. The van der Waals surface area contributed by atoms with Crippen LogP contribution >= 0.6 is 11.6 Å². The highest BCUT2D eigenvalue weighted by atomic mass is 35.5. The maximum absolute atomic E-state index is 14.1. The second kappa shape index (κ2) is 5.22. The smallest absolute Gasteiger partial charge is 0.355 e.